The molecule has 0 aliphatic rings. The average molecular weight is 391 g/mol. The molecule has 0 saturated heterocycles. The Hall–Kier alpha value is -2.39. The highest BCUT2D eigenvalue weighted by molar-refractivity contribution is 7.12. The summed E-state index contributed by atoms with van der Waals surface area (Å²) < 4.78 is 39.1. The van der Waals surface area contributed by atoms with Gasteiger partial charge in [-0.2, -0.15) is 18.3 Å². The molecule has 1 aromatic carbocycles. The lowest BCUT2D eigenvalue weighted by atomic mass is 10.1. The molecule has 0 aliphatic heterocycles. The molecule has 10 heteroatoms. The fourth-order valence-corrected chi connectivity index (χ4v) is 2.58. The summed E-state index contributed by atoms with van der Waals surface area (Å²) in [4.78, 5) is 23.9. The Morgan fingerprint density at radius 1 is 1.28 bits per heavy atom. The van der Waals surface area contributed by atoms with Gasteiger partial charge in [0.15, 0.2) is 5.78 Å². The molecule has 0 bridgehead atoms. The number of ketones is 1. The molecule has 25 heavy (non-hydrogen) atoms. The third-order valence-electron chi connectivity index (χ3n) is 2.95. The van der Waals surface area contributed by atoms with Crippen LogP contribution in [0, 0.1) is 0 Å². The Balaban J connectivity index is 2.19. The Morgan fingerprint density at radius 3 is 2.60 bits per heavy atom. The molecule has 2 N–H and O–H groups in total. The molecule has 0 unspecified atom stereocenters. The van der Waals surface area contributed by atoms with E-state index in [0.29, 0.717) is 0 Å². The summed E-state index contributed by atoms with van der Waals surface area (Å²) in [6, 6.07) is 6.42. The average Bonchev–Trinajstić information content (AvgIpc) is 3.06. The minimum absolute atomic E-state index is 0.107. The van der Waals surface area contributed by atoms with Crippen molar-refractivity contribution in [1.82, 2.24) is 5.43 Å². The van der Waals surface area contributed by atoms with Crippen LogP contribution in [-0.2, 0) is 0 Å². The number of hydrogen-bond donors (Lipinski definition) is 2. The van der Waals surface area contributed by atoms with Gasteiger partial charge >= 0.3 is 6.18 Å². The van der Waals surface area contributed by atoms with Crippen LogP contribution in [0.2, 0.25) is 5.02 Å². The van der Waals surface area contributed by atoms with Gasteiger partial charge in [0.05, 0.1) is 16.9 Å². The molecule has 0 atom stereocenters. The van der Waals surface area contributed by atoms with Gasteiger partial charge in [0.25, 0.3) is 5.91 Å². The van der Waals surface area contributed by atoms with Crippen molar-refractivity contribution in [3.05, 3.63) is 51.2 Å². The van der Waals surface area contributed by atoms with Crippen LogP contribution < -0.4 is 5.43 Å². The van der Waals surface area contributed by atoms with Gasteiger partial charge in [-0.1, -0.05) is 17.7 Å². The van der Waals surface area contributed by atoms with Crippen LogP contribution in [0.1, 0.15) is 26.5 Å². The van der Waals surface area contributed by atoms with Crippen LogP contribution in [0.15, 0.2) is 40.8 Å². The number of rotatable bonds is 5. The van der Waals surface area contributed by atoms with E-state index >= 15 is 0 Å². The third kappa shape index (κ3) is 5.04. The van der Waals surface area contributed by atoms with Crippen molar-refractivity contribution in [3.63, 3.8) is 0 Å². The quantitative estimate of drug-likeness (QED) is 0.459. The maximum atomic E-state index is 13.0. The Morgan fingerprint density at radius 2 is 2.00 bits per heavy atom. The lowest BCUT2D eigenvalue weighted by molar-refractivity contribution is -0.0605. The summed E-state index contributed by atoms with van der Waals surface area (Å²) in [7, 11) is 0. The van der Waals surface area contributed by atoms with Crippen molar-refractivity contribution >= 4 is 40.3 Å². The van der Waals surface area contributed by atoms with Gasteiger partial charge in [0, 0.05) is 5.02 Å². The maximum absolute atomic E-state index is 13.0. The first-order valence-corrected chi connectivity index (χ1v) is 7.93. The van der Waals surface area contributed by atoms with Gasteiger partial charge in [0.1, 0.15) is 11.5 Å². The van der Waals surface area contributed by atoms with E-state index in [1.165, 1.54) is 18.2 Å². The van der Waals surface area contributed by atoms with Crippen molar-refractivity contribution in [3.8, 4) is 5.75 Å². The number of nitrogens with zero attached hydrogens (tertiary/aromatic N) is 1. The van der Waals surface area contributed by atoms with E-state index in [-0.39, 0.29) is 15.5 Å². The molecule has 1 heterocycles. The molecule has 0 radical (unpaired) electrons. The predicted molar refractivity (Wildman–Crippen MR) is 87.3 cm³/mol. The zero-order valence-electron chi connectivity index (χ0n) is 12.3. The fraction of sp³-hybridized carbons (Fsp3) is 0.133. The van der Waals surface area contributed by atoms with Crippen LogP contribution in [0.3, 0.4) is 0 Å². The summed E-state index contributed by atoms with van der Waals surface area (Å²) in [5, 5.41) is 14.2. The van der Waals surface area contributed by atoms with E-state index in [1.54, 1.807) is 10.8 Å². The molecular formula is C15H10ClF3N2O3S. The van der Waals surface area contributed by atoms with Crippen LogP contribution in [0.5, 0.6) is 5.75 Å². The van der Waals surface area contributed by atoms with E-state index in [2.05, 4.69) is 5.10 Å². The number of nitrogens with one attached hydrogen (secondary N) is 1. The normalized spacial score (nSPS) is 12.1. The summed E-state index contributed by atoms with van der Waals surface area (Å²) in [6.07, 6.45) is -5.93. The second-order valence-electron chi connectivity index (χ2n) is 4.74. The summed E-state index contributed by atoms with van der Waals surface area (Å²) in [5.74, 6) is -2.34. The molecular weight excluding hydrogens is 381 g/mol. The van der Waals surface area contributed by atoms with E-state index in [0.717, 1.165) is 23.5 Å². The van der Waals surface area contributed by atoms with Crippen molar-refractivity contribution in [2.45, 2.75) is 12.6 Å². The lowest BCUT2D eigenvalue weighted by Gasteiger charge is -2.10. The number of hydrazone groups is 1. The second-order valence-corrected chi connectivity index (χ2v) is 6.12. The smallest absolute Gasteiger partial charge is 0.431 e. The van der Waals surface area contributed by atoms with Gasteiger partial charge < -0.3 is 5.11 Å². The van der Waals surface area contributed by atoms with Crippen molar-refractivity contribution in [1.29, 1.82) is 0 Å². The predicted octanol–water partition coefficient (Wildman–Crippen LogP) is 4.03. The van der Waals surface area contributed by atoms with E-state index in [4.69, 9.17) is 11.6 Å². The number of Topliss-reactive ketones (excluding diaryl/α,β-unsaturated/α-hetero) is 1. The largest absolute Gasteiger partial charge is 0.507 e. The van der Waals surface area contributed by atoms with Crippen molar-refractivity contribution < 1.29 is 27.9 Å². The summed E-state index contributed by atoms with van der Waals surface area (Å²) in [5.41, 5.74) is -0.117. The first-order chi connectivity index (χ1) is 11.7. The summed E-state index contributed by atoms with van der Waals surface area (Å²) >= 11 is 6.67. The lowest BCUT2D eigenvalue weighted by Crippen LogP contribution is -2.30. The third-order valence-corrected chi connectivity index (χ3v) is 4.09. The number of amides is 1. The number of phenolic OH excluding ortho intramolecular Hbond substituents is 1. The number of thiophene rings is 1. The SMILES string of the molecule is O=C(CC(=NNC(=O)c1cc(Cl)ccc1O)C(F)(F)F)c1cccs1. The highest BCUT2D eigenvalue weighted by Gasteiger charge is 2.37. The van der Waals surface area contributed by atoms with Crippen LogP contribution in [0.4, 0.5) is 13.2 Å². The van der Waals surface area contributed by atoms with Gasteiger partial charge in [-0.05, 0) is 29.6 Å². The second kappa shape index (κ2) is 7.66. The molecule has 2 rings (SSSR count). The Bertz CT molecular complexity index is 820. The number of aromatic hydroxyl groups is 1. The zero-order valence-corrected chi connectivity index (χ0v) is 13.9. The van der Waals surface area contributed by atoms with Crippen LogP contribution >= 0.6 is 22.9 Å². The molecule has 0 spiro atoms. The first kappa shape index (κ1) is 18.9. The van der Waals surface area contributed by atoms with E-state index in [9.17, 15) is 27.9 Å². The monoisotopic (exact) mass is 390 g/mol. The topological polar surface area (TPSA) is 78.8 Å². The number of alkyl halides is 3. The molecule has 0 fully saturated rings. The molecule has 0 saturated carbocycles. The van der Waals surface area contributed by atoms with Crippen molar-refractivity contribution in [2.75, 3.05) is 0 Å². The van der Waals surface area contributed by atoms with Gasteiger partial charge in [-0.25, -0.2) is 5.43 Å². The number of halogens is 4. The number of phenols is 1. The number of benzene rings is 1. The number of carbonyl (C=O) groups is 2. The Kier molecular flexibility index (Phi) is 5.81. The van der Waals surface area contributed by atoms with Crippen LogP contribution in [-0.4, -0.2) is 28.7 Å². The molecule has 0 aliphatic carbocycles. The first-order valence-electron chi connectivity index (χ1n) is 6.68. The van der Waals surface area contributed by atoms with E-state index < -0.39 is 35.7 Å². The maximum Gasteiger partial charge on any atom is 0.431 e. The van der Waals surface area contributed by atoms with Gasteiger partial charge in [-0.3, -0.25) is 9.59 Å². The van der Waals surface area contributed by atoms with E-state index in [1.807, 2.05) is 0 Å². The summed E-state index contributed by atoms with van der Waals surface area (Å²) in [6.45, 7) is 0. The highest BCUT2D eigenvalue weighted by atomic mass is 35.5. The molecule has 5 nitrogen and oxygen atoms in total. The molecule has 2 aromatic rings. The minimum atomic E-state index is -4.91. The fourth-order valence-electron chi connectivity index (χ4n) is 1.75. The highest BCUT2D eigenvalue weighted by Crippen LogP contribution is 2.23. The molecule has 1 amide bonds. The Labute approximate surface area is 148 Å². The van der Waals surface area contributed by atoms with Crippen LogP contribution in [0.25, 0.3) is 0 Å². The number of carbonyl (C=O) groups excluding carboxylic acids is 2. The molecule has 1 aromatic heterocycles. The van der Waals surface area contributed by atoms with Gasteiger partial charge in [-0.15, -0.1) is 11.3 Å². The zero-order chi connectivity index (χ0) is 18.6. The standard InChI is InChI=1S/C15H10ClF3N2O3S/c16-8-3-4-10(22)9(6-8)14(24)21-20-13(15(17,18)19)7-11(23)12-2-1-5-25-12/h1-6,22H,7H2,(H,21,24). The minimum Gasteiger partial charge on any atom is -0.507 e. The molecule has 132 valence electrons. The van der Waals surface area contributed by atoms with Crippen molar-refractivity contribution in [2.24, 2.45) is 5.10 Å². The number of hydrogen-bond acceptors (Lipinski definition) is 5. The van der Waals surface area contributed by atoms with Gasteiger partial charge in [0.2, 0.25) is 0 Å².